The second kappa shape index (κ2) is 9.73. The predicted molar refractivity (Wildman–Crippen MR) is 90.9 cm³/mol. The van der Waals surface area contributed by atoms with E-state index < -0.39 is 36.0 Å². The number of carboxylic acids is 1. The van der Waals surface area contributed by atoms with Gasteiger partial charge in [0.05, 0.1) is 0 Å². The number of carboxylic acid groups (broad SMARTS) is 1. The van der Waals surface area contributed by atoms with Gasteiger partial charge >= 0.3 is 146 Å². The monoisotopic (exact) mass is 327 g/mol. The number of aliphatic hydroxyl groups excluding tert-OH is 1. The van der Waals surface area contributed by atoms with Crippen LogP contribution in [0.4, 0.5) is 0 Å². The third kappa shape index (κ3) is 5.17. The van der Waals surface area contributed by atoms with Gasteiger partial charge in [-0.2, -0.15) is 0 Å². The second-order valence-corrected chi connectivity index (χ2v) is 5.82. The van der Waals surface area contributed by atoms with Gasteiger partial charge in [0.25, 0.3) is 0 Å². The molecule has 1 rings (SSSR count). The fraction of sp³-hybridized carbons (Fsp3) is 0.909. The fourth-order valence-corrected chi connectivity index (χ4v) is 2.70. The normalized spacial score (nSPS) is 32.0. The second-order valence-electron chi connectivity index (χ2n) is 5.82. The number of hydrogen-bond acceptors (Lipinski definition) is 6. The van der Waals surface area contributed by atoms with E-state index in [1.807, 2.05) is 0 Å². The number of hydrogen-bond donors (Lipinski definition) is 2. The van der Waals surface area contributed by atoms with E-state index in [1.165, 1.54) is 13.9 Å². The molecule has 1 heterocycles. The van der Waals surface area contributed by atoms with Crippen LogP contribution in [-0.4, -0.2) is 96.7 Å². The summed E-state index contributed by atoms with van der Waals surface area (Å²) in [5, 5.41) is 19.7. The number of carbonyl (C=O) groups is 1. The van der Waals surface area contributed by atoms with Crippen LogP contribution in [0.25, 0.3) is 0 Å². The van der Waals surface area contributed by atoms with E-state index in [2.05, 4.69) is 0 Å². The van der Waals surface area contributed by atoms with Gasteiger partial charge in [-0.05, 0) is 0 Å². The molecule has 7 nitrogen and oxygen atoms in total. The Morgan fingerprint density at radius 1 is 1.54 bits per heavy atom. The molecule has 0 amide bonds. The number of aliphatic hydroxyl groups is 1. The van der Waals surface area contributed by atoms with E-state index in [1.54, 1.807) is 6.92 Å². The van der Waals surface area contributed by atoms with Crippen LogP contribution in [0.2, 0.25) is 0 Å². The summed E-state index contributed by atoms with van der Waals surface area (Å²) in [4.78, 5) is 11.5. The molecule has 1 aliphatic rings. The molecule has 0 aliphatic carbocycles. The molecule has 0 saturated carbocycles. The van der Waals surface area contributed by atoms with Crippen LogP contribution in [0.15, 0.2) is 0 Å². The zero-order valence-corrected chi connectivity index (χ0v) is 13.7. The van der Waals surface area contributed by atoms with Crippen molar-refractivity contribution in [3.05, 3.63) is 0 Å². The molecule has 1 fully saturated rings. The van der Waals surface area contributed by atoms with Gasteiger partial charge in [-0.3, -0.25) is 0 Å². The average Bonchev–Trinajstić information content (AvgIpc) is 2.54. The summed E-state index contributed by atoms with van der Waals surface area (Å²) in [5.74, 6) is -1.54. The van der Waals surface area contributed by atoms with Crippen molar-refractivity contribution < 1.29 is 33.7 Å². The summed E-state index contributed by atoms with van der Waals surface area (Å²) < 4.78 is 20.9. The van der Waals surface area contributed by atoms with Crippen molar-refractivity contribution in [2.75, 3.05) is 6.61 Å². The van der Waals surface area contributed by atoms with Crippen molar-refractivity contribution in [2.24, 2.45) is 5.92 Å². The van der Waals surface area contributed by atoms with Crippen LogP contribution in [0, 0.1) is 5.92 Å². The topological polar surface area (TPSA) is 94.5 Å². The third-order valence-electron chi connectivity index (χ3n) is 4.10. The standard InChI is InChI=1S/C11H17B6O7/c1-5-7(23-14)3-11(2,10(19)20)22-8(5)9(24-16-13)6(18)4-21-17-15-12/h5-9,18H,3-4H2,1-2H3,(H,19,20). The maximum atomic E-state index is 11.5. The molecule has 0 spiro atoms. The molecule has 2 N–H and O–H groups in total. The van der Waals surface area contributed by atoms with Gasteiger partial charge in [0.1, 0.15) is 0 Å². The van der Waals surface area contributed by atoms with E-state index >= 15 is 0 Å². The third-order valence-corrected chi connectivity index (χ3v) is 4.10. The molecule has 0 aromatic carbocycles. The Morgan fingerprint density at radius 2 is 2.21 bits per heavy atom. The van der Waals surface area contributed by atoms with Gasteiger partial charge in [-0.15, -0.1) is 0 Å². The molecule has 1 aliphatic heterocycles. The van der Waals surface area contributed by atoms with E-state index in [9.17, 15) is 15.0 Å². The van der Waals surface area contributed by atoms with Gasteiger partial charge in [-0.25, -0.2) is 0 Å². The summed E-state index contributed by atoms with van der Waals surface area (Å²) in [6.45, 7) is 4.17. The van der Waals surface area contributed by atoms with Crippen molar-refractivity contribution in [3.63, 3.8) is 0 Å². The predicted octanol–water partition coefficient (Wildman–Crippen LogP) is -2.49. The van der Waals surface area contributed by atoms with Crippen molar-refractivity contribution >= 4 is 49.8 Å². The minimum absolute atomic E-state index is 0.0536. The van der Waals surface area contributed by atoms with E-state index in [0.717, 1.165) is 13.7 Å². The Kier molecular flexibility index (Phi) is 8.67. The summed E-state index contributed by atoms with van der Waals surface area (Å²) in [5.41, 5.74) is -1.55. The first-order valence-corrected chi connectivity index (χ1v) is 7.42. The Morgan fingerprint density at radius 3 is 2.71 bits per heavy atom. The quantitative estimate of drug-likeness (QED) is 0.453. The summed E-state index contributed by atoms with van der Waals surface area (Å²) in [7, 11) is 17.9. The number of rotatable bonds is 9. The molecule has 0 bridgehead atoms. The number of aliphatic carboxylic acids is 1. The SMILES string of the molecule is [B]B=BOCC(O)C(OB=[B])C1OC(C)(C(=O)O)CC(O[B])C1C. The van der Waals surface area contributed by atoms with Crippen LogP contribution in [-0.2, 0) is 23.5 Å². The molecule has 121 valence electrons. The minimum atomic E-state index is -1.55. The van der Waals surface area contributed by atoms with Crippen LogP contribution in [0.5, 0.6) is 0 Å². The average molecular weight is 326 g/mol. The van der Waals surface area contributed by atoms with Crippen molar-refractivity contribution in [2.45, 2.75) is 50.3 Å². The Bertz CT molecular complexity index is 466. The summed E-state index contributed by atoms with van der Waals surface area (Å²) in [6, 6.07) is 0. The fourth-order valence-electron chi connectivity index (χ4n) is 2.70. The molecule has 13 heteroatoms. The van der Waals surface area contributed by atoms with Crippen LogP contribution in [0.1, 0.15) is 20.3 Å². The maximum absolute atomic E-state index is 11.5. The molecular weight excluding hydrogens is 309 g/mol. The molecular formula is C11H17B6O7. The molecule has 1 saturated heterocycles. The number of ether oxygens (including phenoxy) is 1. The zero-order chi connectivity index (χ0) is 18.3. The molecule has 24 heavy (non-hydrogen) atoms. The van der Waals surface area contributed by atoms with Crippen LogP contribution in [0.3, 0.4) is 0 Å². The van der Waals surface area contributed by atoms with Crippen molar-refractivity contribution in [1.82, 2.24) is 0 Å². The first kappa shape index (κ1) is 21.4. The zero-order valence-electron chi connectivity index (χ0n) is 13.7. The molecule has 6 unspecified atom stereocenters. The Balaban J connectivity index is 3.03. The van der Waals surface area contributed by atoms with E-state index in [4.69, 9.17) is 41.9 Å². The summed E-state index contributed by atoms with van der Waals surface area (Å²) in [6.07, 6.45) is -3.56. The molecule has 5 radical (unpaired) electrons. The molecule has 0 aromatic heterocycles. The summed E-state index contributed by atoms with van der Waals surface area (Å²) >= 11 is 0. The van der Waals surface area contributed by atoms with Crippen LogP contribution >= 0.6 is 0 Å². The van der Waals surface area contributed by atoms with Gasteiger partial charge in [-0.1, -0.05) is 0 Å². The van der Waals surface area contributed by atoms with Crippen molar-refractivity contribution in [3.8, 4) is 0 Å². The van der Waals surface area contributed by atoms with Crippen LogP contribution < -0.4 is 0 Å². The van der Waals surface area contributed by atoms with Gasteiger partial charge < -0.3 is 0 Å². The van der Waals surface area contributed by atoms with Gasteiger partial charge in [0, 0.05) is 0 Å². The van der Waals surface area contributed by atoms with E-state index in [0.29, 0.717) is 0 Å². The Labute approximate surface area is 147 Å². The first-order valence-electron chi connectivity index (χ1n) is 7.42. The Hall–Kier alpha value is -0.660. The van der Waals surface area contributed by atoms with Gasteiger partial charge in [0.2, 0.25) is 0 Å². The van der Waals surface area contributed by atoms with Crippen molar-refractivity contribution in [1.29, 1.82) is 0 Å². The first-order chi connectivity index (χ1) is 11.3. The van der Waals surface area contributed by atoms with Gasteiger partial charge in [0.15, 0.2) is 0 Å². The molecule has 6 atom stereocenters. The van der Waals surface area contributed by atoms with E-state index in [-0.39, 0.29) is 18.9 Å². The molecule has 0 aromatic rings.